The van der Waals surface area contributed by atoms with Crippen LogP contribution < -0.4 is 0 Å². The fourth-order valence-electron chi connectivity index (χ4n) is 2.72. The number of Topliss-reactive ketones (excluding diaryl/α,β-unsaturated/α-hetero) is 1. The molecule has 0 amide bonds. The summed E-state index contributed by atoms with van der Waals surface area (Å²) in [5.41, 5.74) is 0.639. The van der Waals surface area contributed by atoms with Crippen molar-refractivity contribution in [2.45, 2.75) is 76.5 Å². The number of allylic oxidation sites excluding steroid dienone is 3. The molecule has 26 heavy (non-hydrogen) atoms. The number of ketones is 1. The summed E-state index contributed by atoms with van der Waals surface area (Å²) < 4.78 is 17.5. The van der Waals surface area contributed by atoms with Crippen LogP contribution in [0.3, 0.4) is 0 Å². The van der Waals surface area contributed by atoms with Crippen molar-refractivity contribution < 1.29 is 18.7 Å². The average molecular weight is 381 g/mol. The Hall–Kier alpha value is -1.01. The van der Waals surface area contributed by atoms with Crippen molar-refractivity contribution in [3.8, 4) is 0 Å². The summed E-state index contributed by atoms with van der Waals surface area (Å²) in [5, 5.41) is 0.0695. The lowest BCUT2D eigenvalue weighted by molar-refractivity contribution is -0.183. The van der Waals surface area contributed by atoms with Gasteiger partial charge in [-0.3, -0.25) is 4.79 Å². The molecule has 5 heteroatoms. The van der Waals surface area contributed by atoms with Crippen LogP contribution in [0.1, 0.15) is 46.5 Å². The minimum Gasteiger partial charge on any atom is -0.410 e. The number of rotatable bonds is 10. The Morgan fingerprint density at radius 2 is 1.85 bits per heavy atom. The zero-order valence-corrected chi connectivity index (χ0v) is 18.6. The lowest BCUT2D eigenvalue weighted by Gasteiger charge is -2.41. The van der Waals surface area contributed by atoms with Gasteiger partial charge >= 0.3 is 0 Å². The largest absolute Gasteiger partial charge is 0.410 e. The Morgan fingerprint density at radius 3 is 2.35 bits per heavy atom. The van der Waals surface area contributed by atoms with Crippen LogP contribution in [-0.4, -0.2) is 40.2 Å². The van der Waals surface area contributed by atoms with Crippen molar-refractivity contribution >= 4 is 14.1 Å². The molecule has 1 aliphatic carbocycles. The molecule has 148 valence electrons. The minimum absolute atomic E-state index is 0.0695. The van der Waals surface area contributed by atoms with Crippen molar-refractivity contribution in [3.05, 3.63) is 36.5 Å². The third-order valence-corrected chi connectivity index (χ3v) is 9.98. The van der Waals surface area contributed by atoms with E-state index in [1.165, 1.54) is 14.2 Å². The van der Waals surface area contributed by atoms with Gasteiger partial charge in [0.25, 0.3) is 5.79 Å². The number of unbranched alkanes of at least 4 members (excludes halogenated alkanes) is 2. The predicted octanol–water partition coefficient (Wildman–Crippen LogP) is 5.18. The fraction of sp³-hybridized carbons (Fsp3) is 0.667. The van der Waals surface area contributed by atoms with E-state index in [1.54, 1.807) is 6.08 Å². The first kappa shape index (κ1) is 23.0. The van der Waals surface area contributed by atoms with Crippen LogP contribution in [0.4, 0.5) is 0 Å². The third kappa shape index (κ3) is 5.25. The molecular formula is C21H36O4Si. The van der Waals surface area contributed by atoms with Crippen LogP contribution in [0.15, 0.2) is 36.5 Å². The van der Waals surface area contributed by atoms with Crippen molar-refractivity contribution in [2.24, 2.45) is 0 Å². The lowest BCUT2D eigenvalue weighted by Crippen LogP contribution is -2.49. The second-order valence-electron chi connectivity index (χ2n) is 8.33. The minimum atomic E-state index is -2.04. The quantitative estimate of drug-likeness (QED) is 0.227. The van der Waals surface area contributed by atoms with E-state index < -0.39 is 14.1 Å². The molecule has 0 N–H and O–H groups in total. The summed E-state index contributed by atoms with van der Waals surface area (Å²) in [6.07, 6.45) is 10.8. The molecule has 0 fully saturated rings. The standard InChI is InChI=1S/C21H36O4Si/c1-9-10-11-12-15-18(25-26(7,8)20(2,3)4)17-14-13-16-21(23-5,24-6)19(17)22/h9,13-14,16,18H,1,10-12,15H2,2-8H3. The van der Waals surface area contributed by atoms with Gasteiger partial charge in [0.05, 0.1) is 6.10 Å². The summed E-state index contributed by atoms with van der Waals surface area (Å²) in [7, 11) is 0.941. The van der Waals surface area contributed by atoms with Gasteiger partial charge in [-0.15, -0.1) is 6.58 Å². The number of carbonyl (C=O) groups is 1. The van der Waals surface area contributed by atoms with Gasteiger partial charge in [-0.1, -0.05) is 45.4 Å². The van der Waals surface area contributed by atoms with Gasteiger partial charge in [0.15, 0.2) is 8.32 Å². The van der Waals surface area contributed by atoms with Gasteiger partial charge in [-0.05, 0) is 43.5 Å². The summed E-state index contributed by atoms with van der Waals surface area (Å²) in [5.74, 6) is -1.52. The van der Waals surface area contributed by atoms with E-state index in [-0.39, 0.29) is 16.9 Å². The summed E-state index contributed by atoms with van der Waals surface area (Å²) in [6.45, 7) is 14.8. The number of hydrogen-bond acceptors (Lipinski definition) is 4. The molecule has 0 aromatic heterocycles. The number of carbonyl (C=O) groups excluding carboxylic acids is 1. The van der Waals surface area contributed by atoms with Crippen LogP contribution in [0.5, 0.6) is 0 Å². The number of hydrogen-bond donors (Lipinski definition) is 0. The van der Waals surface area contributed by atoms with E-state index in [2.05, 4.69) is 40.4 Å². The highest BCUT2D eigenvalue weighted by Crippen LogP contribution is 2.39. The molecule has 0 aromatic carbocycles. The highest BCUT2D eigenvalue weighted by Gasteiger charge is 2.45. The van der Waals surface area contributed by atoms with Crippen molar-refractivity contribution in [1.29, 1.82) is 0 Å². The molecular weight excluding hydrogens is 344 g/mol. The lowest BCUT2D eigenvalue weighted by atomic mass is 9.91. The monoisotopic (exact) mass is 380 g/mol. The summed E-state index contributed by atoms with van der Waals surface area (Å²) in [6, 6.07) is 0. The van der Waals surface area contributed by atoms with E-state index in [9.17, 15) is 4.79 Å². The second kappa shape index (κ2) is 9.26. The fourth-order valence-corrected chi connectivity index (χ4v) is 4.03. The molecule has 0 saturated carbocycles. The third-order valence-electron chi connectivity index (χ3n) is 5.49. The van der Waals surface area contributed by atoms with E-state index in [1.807, 2.05) is 18.2 Å². The van der Waals surface area contributed by atoms with Gasteiger partial charge in [0.2, 0.25) is 5.78 Å². The first-order chi connectivity index (χ1) is 12.0. The van der Waals surface area contributed by atoms with E-state index in [0.29, 0.717) is 5.57 Å². The summed E-state index contributed by atoms with van der Waals surface area (Å²) >= 11 is 0. The highest BCUT2D eigenvalue weighted by molar-refractivity contribution is 6.74. The molecule has 0 radical (unpaired) electrons. The van der Waals surface area contributed by atoms with Gasteiger partial charge in [0, 0.05) is 19.8 Å². The van der Waals surface area contributed by atoms with Crippen LogP contribution in [0.2, 0.25) is 18.1 Å². The van der Waals surface area contributed by atoms with Crippen LogP contribution in [-0.2, 0) is 18.7 Å². The summed E-state index contributed by atoms with van der Waals surface area (Å²) in [4.78, 5) is 13.1. The maximum atomic E-state index is 13.1. The zero-order chi connectivity index (χ0) is 20.0. The SMILES string of the molecule is C=CCCCCC(O[Si](C)(C)C(C)(C)C)C1=CC=CC(OC)(OC)C1=O. The Balaban J connectivity index is 3.11. The van der Waals surface area contributed by atoms with E-state index >= 15 is 0 Å². The molecule has 4 nitrogen and oxygen atoms in total. The molecule has 0 aromatic rings. The molecule has 0 heterocycles. The molecule has 1 rings (SSSR count). The van der Waals surface area contributed by atoms with Gasteiger partial charge in [0.1, 0.15) is 0 Å². The molecule has 1 aliphatic rings. The molecule has 0 saturated heterocycles. The molecule has 0 aliphatic heterocycles. The Bertz CT molecular complexity index is 551. The average Bonchev–Trinajstić information content (AvgIpc) is 2.57. The molecule has 1 unspecified atom stereocenters. The molecule has 0 bridgehead atoms. The van der Waals surface area contributed by atoms with Gasteiger partial charge < -0.3 is 13.9 Å². The normalized spacial score (nSPS) is 18.6. The van der Waals surface area contributed by atoms with Crippen molar-refractivity contribution in [1.82, 2.24) is 0 Å². The predicted molar refractivity (Wildman–Crippen MR) is 110 cm³/mol. The van der Waals surface area contributed by atoms with Gasteiger partial charge in [-0.25, -0.2) is 0 Å². The van der Waals surface area contributed by atoms with Crippen LogP contribution in [0, 0.1) is 0 Å². The van der Waals surface area contributed by atoms with Gasteiger partial charge in [-0.2, -0.15) is 0 Å². The Morgan fingerprint density at radius 1 is 1.23 bits per heavy atom. The number of ether oxygens (including phenoxy) is 2. The van der Waals surface area contributed by atoms with Crippen LogP contribution in [0.25, 0.3) is 0 Å². The topological polar surface area (TPSA) is 44.8 Å². The van der Waals surface area contributed by atoms with E-state index in [0.717, 1.165) is 25.7 Å². The Labute approximate surface area is 160 Å². The molecule has 1 atom stereocenters. The van der Waals surface area contributed by atoms with Crippen LogP contribution >= 0.6 is 0 Å². The second-order valence-corrected chi connectivity index (χ2v) is 13.1. The highest BCUT2D eigenvalue weighted by atomic mass is 28.4. The first-order valence-corrected chi connectivity index (χ1v) is 12.3. The smallest absolute Gasteiger partial charge is 0.253 e. The molecule has 0 spiro atoms. The van der Waals surface area contributed by atoms with Crippen molar-refractivity contribution in [2.75, 3.05) is 14.2 Å². The zero-order valence-electron chi connectivity index (χ0n) is 17.6. The Kier molecular flexibility index (Phi) is 8.21. The number of methoxy groups -OCH3 is 2. The maximum Gasteiger partial charge on any atom is 0.253 e. The van der Waals surface area contributed by atoms with Crippen molar-refractivity contribution in [3.63, 3.8) is 0 Å². The maximum absolute atomic E-state index is 13.1. The van der Waals surface area contributed by atoms with E-state index in [4.69, 9.17) is 13.9 Å². The first-order valence-electron chi connectivity index (χ1n) is 9.38.